The molecule has 0 spiro atoms. The summed E-state index contributed by atoms with van der Waals surface area (Å²) in [4.78, 5) is 27.8. The molecule has 2 atom stereocenters. The Labute approximate surface area is 218 Å². The molecule has 0 N–H and O–H groups in total. The third-order valence-corrected chi connectivity index (χ3v) is 9.00. The molecule has 2 unspecified atom stereocenters. The summed E-state index contributed by atoms with van der Waals surface area (Å²) in [6.45, 7) is 2.88. The summed E-state index contributed by atoms with van der Waals surface area (Å²) >= 11 is 3.08. The smallest absolute Gasteiger partial charge is 0.425 e. The highest BCUT2D eigenvalue weighted by atomic mass is 32.2. The van der Waals surface area contributed by atoms with Crippen LogP contribution < -0.4 is 0 Å². The van der Waals surface area contributed by atoms with Gasteiger partial charge in [0.2, 0.25) is 5.78 Å². The number of rotatable bonds is 8. The van der Waals surface area contributed by atoms with Crippen LogP contribution in [-0.2, 0) is 9.47 Å². The lowest BCUT2D eigenvalue weighted by atomic mass is 9.83. The lowest BCUT2D eigenvalue weighted by molar-refractivity contribution is -0.938. The molecule has 2 bridgehead atoms. The van der Waals surface area contributed by atoms with Gasteiger partial charge in [-0.25, -0.2) is 9.18 Å². The Balaban J connectivity index is 1.30. The molecule has 6 rings (SSSR count). The fourth-order valence-electron chi connectivity index (χ4n) is 5.42. The van der Waals surface area contributed by atoms with E-state index in [9.17, 15) is 14.0 Å². The van der Waals surface area contributed by atoms with Gasteiger partial charge in [-0.2, -0.15) is 0 Å². The van der Waals surface area contributed by atoms with Crippen molar-refractivity contribution in [2.75, 3.05) is 32.4 Å². The highest BCUT2D eigenvalue weighted by molar-refractivity contribution is 7.98. The highest BCUT2D eigenvalue weighted by Crippen LogP contribution is 2.37. The van der Waals surface area contributed by atoms with E-state index in [1.54, 1.807) is 23.9 Å². The summed E-state index contributed by atoms with van der Waals surface area (Å²) in [6, 6.07) is 17.5. The Morgan fingerprint density at radius 3 is 2.53 bits per heavy atom. The van der Waals surface area contributed by atoms with E-state index in [0.717, 1.165) is 41.3 Å². The topological polar surface area (TPSA) is 52.6 Å². The van der Waals surface area contributed by atoms with Crippen molar-refractivity contribution in [1.29, 1.82) is 0 Å². The molecule has 3 fully saturated rings. The van der Waals surface area contributed by atoms with Crippen LogP contribution in [0.2, 0.25) is 0 Å². The van der Waals surface area contributed by atoms with Crippen LogP contribution in [0.4, 0.5) is 9.18 Å². The summed E-state index contributed by atoms with van der Waals surface area (Å²) in [7, 11) is 0. The second-order valence-corrected chi connectivity index (χ2v) is 11.4. The number of ketones is 1. The Morgan fingerprint density at radius 1 is 1.08 bits per heavy atom. The van der Waals surface area contributed by atoms with Gasteiger partial charge in [0.1, 0.15) is 18.9 Å². The number of ether oxygens (including phenoxy) is 2. The third kappa shape index (κ3) is 5.51. The zero-order valence-corrected chi connectivity index (χ0v) is 21.7. The normalized spacial score (nSPS) is 23.7. The fraction of sp³-hybridized carbons (Fsp3) is 0.357. The number of piperidine rings is 3. The standard InChI is InChI=1S/C28H29FNO4S2/c1-35-23-9-7-20(8-10-23)27(21-4-2-5-22(29)16-21)34-28(32)33-25-18-30(13-11-19(25)12-14-30)17-24(31)26-6-3-15-36-26/h2-10,15-16,19,25,27H,11-14,17-18H2,1H3/q+1. The van der Waals surface area contributed by atoms with Crippen molar-refractivity contribution in [3.05, 3.63) is 87.9 Å². The van der Waals surface area contributed by atoms with E-state index >= 15 is 0 Å². The first-order chi connectivity index (χ1) is 17.4. The van der Waals surface area contributed by atoms with Crippen LogP contribution >= 0.6 is 23.1 Å². The molecule has 0 aliphatic carbocycles. The lowest BCUT2D eigenvalue weighted by Gasteiger charge is -2.51. The molecule has 0 amide bonds. The number of thioether (sulfide) groups is 1. The molecule has 0 saturated carbocycles. The number of hydrogen-bond donors (Lipinski definition) is 0. The Bertz CT molecular complexity index is 1210. The molecular formula is C28H29FNO4S2+. The monoisotopic (exact) mass is 526 g/mol. The number of Topliss-reactive ketones (excluding diaryl/α,β-unsaturated/α-hetero) is 1. The van der Waals surface area contributed by atoms with E-state index in [4.69, 9.17) is 9.47 Å². The van der Waals surface area contributed by atoms with Crippen LogP contribution in [0.15, 0.2) is 70.9 Å². The molecule has 3 aliphatic heterocycles. The van der Waals surface area contributed by atoms with E-state index < -0.39 is 18.1 Å². The molecule has 3 aliphatic rings. The van der Waals surface area contributed by atoms with Crippen molar-refractivity contribution < 1.29 is 27.9 Å². The van der Waals surface area contributed by atoms with E-state index in [1.807, 2.05) is 48.0 Å². The van der Waals surface area contributed by atoms with Gasteiger partial charge in [0.25, 0.3) is 0 Å². The first-order valence-corrected chi connectivity index (χ1v) is 14.2. The minimum Gasteiger partial charge on any atom is -0.425 e. The number of thiophene rings is 1. The van der Waals surface area contributed by atoms with Gasteiger partial charge in [-0.05, 0) is 47.5 Å². The van der Waals surface area contributed by atoms with Crippen LogP contribution in [-0.4, -0.2) is 55.0 Å². The number of carbonyl (C=O) groups excluding carboxylic acids is 2. The van der Waals surface area contributed by atoms with Crippen molar-refractivity contribution in [2.45, 2.75) is 29.9 Å². The predicted octanol–water partition coefficient (Wildman–Crippen LogP) is 6.34. The van der Waals surface area contributed by atoms with E-state index in [2.05, 4.69) is 0 Å². The van der Waals surface area contributed by atoms with Gasteiger partial charge < -0.3 is 14.0 Å². The summed E-state index contributed by atoms with van der Waals surface area (Å²) < 4.78 is 26.4. The molecule has 3 aromatic rings. The van der Waals surface area contributed by atoms with Gasteiger partial charge in [-0.1, -0.05) is 30.3 Å². The van der Waals surface area contributed by atoms with Crippen molar-refractivity contribution in [3.8, 4) is 0 Å². The van der Waals surface area contributed by atoms with Crippen LogP contribution in [0, 0.1) is 11.7 Å². The Kier molecular flexibility index (Phi) is 7.46. The van der Waals surface area contributed by atoms with Gasteiger partial charge in [-0.15, -0.1) is 23.1 Å². The third-order valence-electron chi connectivity index (χ3n) is 7.35. The maximum absolute atomic E-state index is 14.0. The number of carbonyl (C=O) groups is 2. The maximum atomic E-state index is 14.0. The molecule has 3 saturated heterocycles. The number of quaternary nitrogens is 1. The number of nitrogens with zero attached hydrogens (tertiary/aromatic N) is 1. The van der Waals surface area contributed by atoms with Crippen molar-refractivity contribution in [3.63, 3.8) is 0 Å². The maximum Gasteiger partial charge on any atom is 0.509 e. The quantitative estimate of drug-likeness (QED) is 0.148. The SMILES string of the molecule is CSc1ccc(C(OC(=O)OC2C[N+]3(CC(=O)c4cccs4)CCC2CC3)c2cccc(F)c2)cc1. The molecule has 4 heterocycles. The molecule has 188 valence electrons. The average Bonchev–Trinajstić information content (AvgIpc) is 3.43. The lowest BCUT2D eigenvalue weighted by Crippen LogP contribution is -2.65. The van der Waals surface area contributed by atoms with Gasteiger partial charge in [-0.3, -0.25) is 4.79 Å². The number of benzene rings is 2. The largest absolute Gasteiger partial charge is 0.509 e. The van der Waals surface area contributed by atoms with Crippen LogP contribution in [0.3, 0.4) is 0 Å². The summed E-state index contributed by atoms with van der Waals surface area (Å²) in [5.74, 6) is 0.0175. The minimum absolute atomic E-state index is 0.145. The van der Waals surface area contributed by atoms with E-state index in [-0.39, 0.29) is 17.8 Å². The fourth-order valence-corrected chi connectivity index (χ4v) is 6.49. The molecule has 36 heavy (non-hydrogen) atoms. The van der Waals surface area contributed by atoms with Crippen molar-refractivity contribution in [1.82, 2.24) is 0 Å². The van der Waals surface area contributed by atoms with Crippen LogP contribution in [0.1, 0.15) is 39.7 Å². The van der Waals surface area contributed by atoms with E-state index in [0.29, 0.717) is 23.1 Å². The van der Waals surface area contributed by atoms with Crippen LogP contribution in [0.25, 0.3) is 0 Å². The second kappa shape index (κ2) is 10.7. The number of hydrogen-bond acceptors (Lipinski definition) is 6. The van der Waals surface area contributed by atoms with Gasteiger partial charge >= 0.3 is 6.16 Å². The summed E-state index contributed by atoms with van der Waals surface area (Å²) in [6.07, 6.45) is 1.97. The number of halogens is 1. The molecule has 8 heteroatoms. The number of fused-ring (bicyclic) bond motifs is 3. The van der Waals surface area contributed by atoms with Gasteiger partial charge in [0.15, 0.2) is 12.2 Å². The minimum atomic E-state index is -0.784. The first-order valence-electron chi connectivity index (χ1n) is 12.1. The molecule has 5 nitrogen and oxygen atoms in total. The molecule has 2 aromatic carbocycles. The molecule has 0 radical (unpaired) electrons. The zero-order valence-electron chi connectivity index (χ0n) is 20.1. The average molecular weight is 527 g/mol. The van der Waals surface area contributed by atoms with Crippen LogP contribution in [0.5, 0.6) is 0 Å². The Hall–Kier alpha value is -2.68. The first kappa shape index (κ1) is 25.0. The zero-order chi connectivity index (χ0) is 25.1. The predicted molar refractivity (Wildman–Crippen MR) is 139 cm³/mol. The van der Waals surface area contributed by atoms with Crippen molar-refractivity contribution in [2.24, 2.45) is 5.92 Å². The van der Waals surface area contributed by atoms with Gasteiger partial charge in [0.05, 0.1) is 18.0 Å². The Morgan fingerprint density at radius 2 is 1.86 bits per heavy atom. The second-order valence-electron chi connectivity index (χ2n) is 9.60. The summed E-state index contributed by atoms with van der Waals surface area (Å²) in [5, 5.41) is 1.92. The van der Waals surface area contributed by atoms with Crippen molar-refractivity contribution >= 4 is 35.0 Å². The van der Waals surface area contributed by atoms with E-state index in [1.165, 1.54) is 23.5 Å². The summed E-state index contributed by atoms with van der Waals surface area (Å²) in [5.41, 5.74) is 1.29. The molecular weight excluding hydrogens is 497 g/mol. The molecule has 1 aromatic heterocycles. The highest BCUT2D eigenvalue weighted by Gasteiger charge is 2.49. The van der Waals surface area contributed by atoms with Gasteiger partial charge in [0, 0.05) is 29.2 Å².